The van der Waals surface area contributed by atoms with Gasteiger partial charge >= 0.3 is 5.97 Å². The monoisotopic (exact) mass is 272 g/mol. The number of aromatic nitrogens is 1. The number of anilines is 1. The number of carbonyl (C=O) groups is 1. The fourth-order valence-corrected chi connectivity index (χ4v) is 2.43. The zero-order valence-corrected chi connectivity index (χ0v) is 11.2. The Balaban J connectivity index is 2.55. The van der Waals surface area contributed by atoms with Gasteiger partial charge in [-0.25, -0.2) is 13.4 Å². The van der Waals surface area contributed by atoms with Crippen molar-refractivity contribution < 1.29 is 17.9 Å². The largest absolute Gasteiger partial charge is 0.469 e. The third-order valence-electron chi connectivity index (χ3n) is 2.28. The quantitative estimate of drug-likeness (QED) is 0.783. The second kappa shape index (κ2) is 6.34. The van der Waals surface area contributed by atoms with Gasteiger partial charge in [-0.3, -0.25) is 9.52 Å². The van der Waals surface area contributed by atoms with Crippen LogP contribution in [0.3, 0.4) is 0 Å². The number of hydrogen-bond acceptors (Lipinski definition) is 5. The second-order valence-electron chi connectivity index (χ2n) is 3.77. The van der Waals surface area contributed by atoms with Crippen molar-refractivity contribution in [3.8, 4) is 0 Å². The van der Waals surface area contributed by atoms with E-state index in [2.05, 4.69) is 14.4 Å². The predicted octanol–water partition coefficient (Wildman–Crippen LogP) is 1.08. The van der Waals surface area contributed by atoms with Gasteiger partial charge in [0.05, 0.1) is 12.9 Å². The highest BCUT2D eigenvalue weighted by molar-refractivity contribution is 7.92. The van der Waals surface area contributed by atoms with Gasteiger partial charge in [0, 0.05) is 12.6 Å². The summed E-state index contributed by atoms with van der Waals surface area (Å²) in [6, 6.07) is 3.49. The molecular weight excluding hydrogens is 256 g/mol. The SMILES string of the molecule is COC(=O)CCCS(=O)(=O)Nc1ncccc1C. The van der Waals surface area contributed by atoms with Crippen LogP contribution in [-0.2, 0) is 19.6 Å². The minimum Gasteiger partial charge on any atom is -0.469 e. The zero-order chi connectivity index (χ0) is 13.6. The number of esters is 1. The predicted molar refractivity (Wildman–Crippen MR) is 67.6 cm³/mol. The molecule has 0 radical (unpaired) electrons. The van der Waals surface area contributed by atoms with Gasteiger partial charge < -0.3 is 4.74 Å². The van der Waals surface area contributed by atoms with Crippen LogP contribution in [0.4, 0.5) is 5.82 Å². The van der Waals surface area contributed by atoms with E-state index in [0.29, 0.717) is 5.82 Å². The topological polar surface area (TPSA) is 85.4 Å². The highest BCUT2D eigenvalue weighted by Gasteiger charge is 2.13. The van der Waals surface area contributed by atoms with Crippen LogP contribution < -0.4 is 4.72 Å². The van der Waals surface area contributed by atoms with Gasteiger partial charge in [-0.15, -0.1) is 0 Å². The van der Waals surface area contributed by atoms with Crippen molar-refractivity contribution >= 4 is 21.8 Å². The molecule has 0 aliphatic carbocycles. The smallest absolute Gasteiger partial charge is 0.305 e. The number of methoxy groups -OCH3 is 1. The van der Waals surface area contributed by atoms with Crippen LogP contribution in [0, 0.1) is 6.92 Å². The number of nitrogens with zero attached hydrogens (tertiary/aromatic N) is 1. The highest BCUT2D eigenvalue weighted by atomic mass is 32.2. The summed E-state index contributed by atoms with van der Waals surface area (Å²) in [5.74, 6) is -0.243. The average Bonchev–Trinajstić information content (AvgIpc) is 2.31. The molecule has 0 amide bonds. The number of ether oxygens (including phenoxy) is 1. The van der Waals surface area contributed by atoms with Crippen molar-refractivity contribution in [3.63, 3.8) is 0 Å². The molecule has 0 saturated heterocycles. The summed E-state index contributed by atoms with van der Waals surface area (Å²) in [7, 11) is -2.21. The number of carbonyl (C=O) groups excluding carboxylic acids is 1. The summed E-state index contributed by atoms with van der Waals surface area (Å²) >= 11 is 0. The molecule has 0 aromatic carbocycles. The fourth-order valence-electron chi connectivity index (χ4n) is 1.30. The van der Waals surface area contributed by atoms with Gasteiger partial charge in [-0.05, 0) is 25.0 Å². The Morgan fingerprint density at radius 3 is 2.83 bits per heavy atom. The van der Waals surface area contributed by atoms with Gasteiger partial charge in [-0.1, -0.05) is 6.07 Å². The number of nitrogens with one attached hydrogen (secondary N) is 1. The third-order valence-corrected chi connectivity index (χ3v) is 3.61. The van der Waals surface area contributed by atoms with E-state index < -0.39 is 16.0 Å². The zero-order valence-electron chi connectivity index (χ0n) is 10.3. The van der Waals surface area contributed by atoms with Crippen molar-refractivity contribution in [2.75, 3.05) is 17.6 Å². The van der Waals surface area contributed by atoms with Crippen LogP contribution in [0.15, 0.2) is 18.3 Å². The van der Waals surface area contributed by atoms with Crippen LogP contribution in [0.1, 0.15) is 18.4 Å². The number of rotatable bonds is 6. The Labute approximate surface area is 106 Å². The lowest BCUT2D eigenvalue weighted by molar-refractivity contribution is -0.140. The van der Waals surface area contributed by atoms with E-state index in [9.17, 15) is 13.2 Å². The molecule has 0 bridgehead atoms. The molecule has 1 N–H and O–H groups in total. The van der Waals surface area contributed by atoms with Gasteiger partial charge in [-0.2, -0.15) is 0 Å². The molecule has 0 spiro atoms. The van der Waals surface area contributed by atoms with Crippen LogP contribution in [0.25, 0.3) is 0 Å². The summed E-state index contributed by atoms with van der Waals surface area (Å²) in [5.41, 5.74) is 0.744. The number of hydrogen-bond donors (Lipinski definition) is 1. The Kier molecular flexibility index (Phi) is 5.08. The molecule has 7 heteroatoms. The molecule has 100 valence electrons. The van der Waals surface area contributed by atoms with E-state index in [0.717, 1.165) is 5.56 Å². The summed E-state index contributed by atoms with van der Waals surface area (Å²) in [6.45, 7) is 1.76. The maximum Gasteiger partial charge on any atom is 0.305 e. The Morgan fingerprint density at radius 1 is 1.50 bits per heavy atom. The molecule has 0 fully saturated rings. The van der Waals surface area contributed by atoms with Crippen LogP contribution in [-0.4, -0.2) is 32.2 Å². The second-order valence-corrected chi connectivity index (χ2v) is 5.61. The maximum absolute atomic E-state index is 11.7. The van der Waals surface area contributed by atoms with Gasteiger partial charge in [0.1, 0.15) is 5.82 Å². The summed E-state index contributed by atoms with van der Waals surface area (Å²) < 4.78 is 30.3. The van der Waals surface area contributed by atoms with Crippen molar-refractivity contribution in [3.05, 3.63) is 23.9 Å². The first-order valence-electron chi connectivity index (χ1n) is 5.43. The first kappa shape index (κ1) is 14.4. The van der Waals surface area contributed by atoms with Gasteiger partial charge in [0.15, 0.2) is 0 Å². The average molecular weight is 272 g/mol. The summed E-state index contributed by atoms with van der Waals surface area (Å²) in [5, 5.41) is 0. The lowest BCUT2D eigenvalue weighted by Gasteiger charge is -2.08. The van der Waals surface area contributed by atoms with Gasteiger partial charge in [0.2, 0.25) is 10.0 Å². The van der Waals surface area contributed by atoms with E-state index in [4.69, 9.17) is 0 Å². The normalized spacial score (nSPS) is 11.0. The van der Waals surface area contributed by atoms with Crippen LogP contribution >= 0.6 is 0 Å². The number of sulfonamides is 1. The van der Waals surface area contributed by atoms with E-state index in [1.807, 2.05) is 0 Å². The van der Waals surface area contributed by atoms with Crippen LogP contribution in [0.2, 0.25) is 0 Å². The molecular formula is C11H16N2O4S. The van der Waals surface area contributed by atoms with E-state index >= 15 is 0 Å². The van der Waals surface area contributed by atoms with Crippen molar-refractivity contribution in [2.45, 2.75) is 19.8 Å². The van der Waals surface area contributed by atoms with E-state index in [1.165, 1.54) is 13.3 Å². The maximum atomic E-state index is 11.7. The molecule has 0 aliphatic heterocycles. The molecule has 6 nitrogen and oxygen atoms in total. The molecule has 0 saturated carbocycles. The van der Waals surface area contributed by atoms with Gasteiger partial charge in [0.25, 0.3) is 0 Å². The number of aryl methyl sites for hydroxylation is 1. The van der Waals surface area contributed by atoms with E-state index in [-0.39, 0.29) is 18.6 Å². The van der Waals surface area contributed by atoms with Crippen molar-refractivity contribution in [1.82, 2.24) is 4.98 Å². The Morgan fingerprint density at radius 2 is 2.22 bits per heavy atom. The first-order chi connectivity index (χ1) is 8.44. The molecule has 0 aliphatic rings. The van der Waals surface area contributed by atoms with Crippen molar-refractivity contribution in [2.24, 2.45) is 0 Å². The minimum atomic E-state index is -3.48. The van der Waals surface area contributed by atoms with Crippen molar-refractivity contribution in [1.29, 1.82) is 0 Å². The lowest BCUT2D eigenvalue weighted by Crippen LogP contribution is -2.19. The third kappa shape index (κ3) is 4.70. The fraction of sp³-hybridized carbons (Fsp3) is 0.455. The summed E-state index contributed by atoms with van der Waals surface area (Å²) in [4.78, 5) is 14.8. The Hall–Kier alpha value is -1.63. The molecule has 1 aromatic rings. The number of pyridine rings is 1. The van der Waals surface area contributed by atoms with Crippen LogP contribution in [0.5, 0.6) is 0 Å². The highest BCUT2D eigenvalue weighted by Crippen LogP contribution is 2.12. The molecule has 0 unspecified atom stereocenters. The standard InChI is InChI=1S/C11H16N2O4S/c1-9-5-3-7-12-11(9)13-18(15,16)8-4-6-10(14)17-2/h3,5,7H,4,6,8H2,1-2H3,(H,12,13). The summed E-state index contributed by atoms with van der Waals surface area (Å²) in [6.07, 6.45) is 1.81. The minimum absolute atomic E-state index is 0.0820. The molecule has 18 heavy (non-hydrogen) atoms. The molecule has 0 atom stereocenters. The van der Waals surface area contributed by atoms with E-state index in [1.54, 1.807) is 19.1 Å². The lowest BCUT2D eigenvalue weighted by atomic mass is 10.3. The Bertz CT molecular complexity index is 514. The molecule has 1 rings (SSSR count). The molecule has 1 heterocycles. The first-order valence-corrected chi connectivity index (χ1v) is 7.09. The molecule has 1 aromatic heterocycles.